The number of nitriles is 1. The zero-order valence-corrected chi connectivity index (χ0v) is 14.5. The van der Waals surface area contributed by atoms with Crippen molar-refractivity contribution in [3.05, 3.63) is 94.5 Å². The maximum atomic E-state index is 12.7. The lowest BCUT2D eigenvalue weighted by Crippen LogP contribution is -2.14. The highest BCUT2D eigenvalue weighted by Gasteiger charge is 2.14. The van der Waals surface area contributed by atoms with Gasteiger partial charge in [0.25, 0.3) is 5.91 Å². The molecule has 0 radical (unpaired) electrons. The van der Waals surface area contributed by atoms with Gasteiger partial charge in [-0.3, -0.25) is 4.79 Å². The Morgan fingerprint density at radius 1 is 1.04 bits per heavy atom. The highest BCUT2D eigenvalue weighted by molar-refractivity contribution is 6.31. The number of rotatable bonds is 5. The smallest absolute Gasteiger partial charge is 0.259 e. The van der Waals surface area contributed by atoms with Crippen LogP contribution in [0.15, 0.2) is 72.8 Å². The molecule has 3 rings (SSSR count). The van der Waals surface area contributed by atoms with E-state index < -0.39 is 0 Å². The largest absolute Gasteiger partial charge is 0.488 e. The van der Waals surface area contributed by atoms with Gasteiger partial charge in [0, 0.05) is 10.7 Å². The number of amides is 1. The van der Waals surface area contributed by atoms with Crippen molar-refractivity contribution >= 4 is 23.2 Å². The van der Waals surface area contributed by atoms with Gasteiger partial charge in [0.1, 0.15) is 12.4 Å². The van der Waals surface area contributed by atoms with E-state index in [4.69, 9.17) is 21.6 Å². The molecule has 0 saturated carbocycles. The van der Waals surface area contributed by atoms with Crippen LogP contribution < -0.4 is 10.1 Å². The summed E-state index contributed by atoms with van der Waals surface area (Å²) >= 11 is 6.05. The minimum absolute atomic E-state index is 0.329. The normalized spacial score (nSPS) is 10.0. The standard InChI is InChI=1S/C21H15ClN2O2/c22-17-9-10-20(26-14-15-5-2-1-3-6-15)19(12-17)21(25)24-18-8-4-7-16(11-18)13-23/h1-12H,14H2,(H,24,25). The first-order valence-corrected chi connectivity index (χ1v) is 8.31. The molecule has 0 aromatic heterocycles. The van der Waals surface area contributed by atoms with Gasteiger partial charge in [-0.25, -0.2) is 0 Å². The predicted molar refractivity (Wildman–Crippen MR) is 101 cm³/mol. The molecule has 5 heteroatoms. The van der Waals surface area contributed by atoms with E-state index in [1.807, 2.05) is 36.4 Å². The molecule has 0 atom stereocenters. The Bertz CT molecular complexity index is 965. The minimum atomic E-state index is -0.356. The summed E-state index contributed by atoms with van der Waals surface area (Å²) in [5.41, 5.74) is 2.32. The van der Waals surface area contributed by atoms with Crippen LogP contribution in [0.2, 0.25) is 5.02 Å². The summed E-state index contributed by atoms with van der Waals surface area (Å²) in [6, 6.07) is 23.3. The molecule has 4 nitrogen and oxygen atoms in total. The summed E-state index contributed by atoms with van der Waals surface area (Å²) in [4.78, 5) is 12.7. The Kier molecular flexibility index (Phi) is 5.52. The van der Waals surface area contributed by atoms with Crippen LogP contribution in [0.3, 0.4) is 0 Å². The average Bonchev–Trinajstić information content (AvgIpc) is 2.68. The molecule has 1 amide bonds. The second kappa shape index (κ2) is 8.19. The van der Waals surface area contributed by atoms with Crippen molar-refractivity contribution in [1.29, 1.82) is 5.26 Å². The summed E-state index contributed by atoms with van der Waals surface area (Å²) < 4.78 is 5.81. The van der Waals surface area contributed by atoms with Gasteiger partial charge in [-0.2, -0.15) is 5.26 Å². The van der Waals surface area contributed by atoms with Crippen molar-refractivity contribution in [3.8, 4) is 11.8 Å². The molecule has 1 N–H and O–H groups in total. The Balaban J connectivity index is 1.80. The summed E-state index contributed by atoms with van der Waals surface area (Å²) in [5, 5.41) is 12.2. The molecule has 0 spiro atoms. The zero-order valence-electron chi connectivity index (χ0n) is 13.8. The molecule has 3 aromatic rings. The quantitative estimate of drug-likeness (QED) is 0.691. The molecule has 128 valence electrons. The third kappa shape index (κ3) is 4.41. The van der Waals surface area contributed by atoms with Gasteiger partial charge in [0.15, 0.2) is 0 Å². The Morgan fingerprint density at radius 2 is 1.85 bits per heavy atom. The van der Waals surface area contributed by atoms with Crippen LogP contribution in [0.4, 0.5) is 5.69 Å². The molecule has 3 aromatic carbocycles. The van der Waals surface area contributed by atoms with Crippen molar-refractivity contribution in [1.82, 2.24) is 0 Å². The van der Waals surface area contributed by atoms with Crippen molar-refractivity contribution in [2.45, 2.75) is 6.61 Å². The first-order valence-electron chi connectivity index (χ1n) is 7.93. The topological polar surface area (TPSA) is 62.1 Å². The number of halogens is 1. The number of nitrogens with zero attached hydrogens (tertiary/aromatic N) is 1. The summed E-state index contributed by atoms with van der Waals surface area (Å²) in [6.07, 6.45) is 0. The van der Waals surface area contributed by atoms with Gasteiger partial charge in [0.2, 0.25) is 0 Å². The molecule has 0 heterocycles. The Labute approximate surface area is 156 Å². The van der Waals surface area contributed by atoms with Gasteiger partial charge in [-0.05, 0) is 42.0 Å². The lowest BCUT2D eigenvalue weighted by Gasteiger charge is -2.12. The summed E-state index contributed by atoms with van der Waals surface area (Å²) in [5.74, 6) is 0.0813. The summed E-state index contributed by atoms with van der Waals surface area (Å²) in [6.45, 7) is 0.340. The second-order valence-electron chi connectivity index (χ2n) is 5.56. The number of anilines is 1. The number of nitrogens with one attached hydrogen (secondary N) is 1. The van der Waals surface area contributed by atoms with Gasteiger partial charge in [0.05, 0.1) is 17.2 Å². The fourth-order valence-corrected chi connectivity index (χ4v) is 2.58. The van der Waals surface area contributed by atoms with Crippen LogP contribution in [0, 0.1) is 11.3 Å². The van der Waals surface area contributed by atoms with E-state index >= 15 is 0 Å². The monoisotopic (exact) mass is 362 g/mol. The zero-order chi connectivity index (χ0) is 18.4. The number of hydrogen-bond acceptors (Lipinski definition) is 3. The van der Waals surface area contributed by atoms with E-state index in [1.54, 1.807) is 42.5 Å². The SMILES string of the molecule is N#Cc1cccc(NC(=O)c2cc(Cl)ccc2OCc2ccccc2)c1. The van der Waals surface area contributed by atoms with E-state index in [-0.39, 0.29) is 5.91 Å². The van der Waals surface area contributed by atoms with Crippen molar-refractivity contribution < 1.29 is 9.53 Å². The van der Waals surface area contributed by atoms with Gasteiger partial charge in [-0.15, -0.1) is 0 Å². The van der Waals surface area contributed by atoms with E-state index in [2.05, 4.69) is 5.32 Å². The van der Waals surface area contributed by atoms with Crippen LogP contribution in [0.1, 0.15) is 21.5 Å². The minimum Gasteiger partial charge on any atom is -0.488 e. The van der Waals surface area contributed by atoms with Crippen LogP contribution in [0.5, 0.6) is 5.75 Å². The third-order valence-corrected chi connectivity index (χ3v) is 3.91. The number of carbonyl (C=O) groups excluding carboxylic acids is 1. The fourth-order valence-electron chi connectivity index (χ4n) is 2.41. The Hall–Kier alpha value is -3.29. The molecular weight excluding hydrogens is 348 g/mol. The molecule has 0 fully saturated rings. The van der Waals surface area contributed by atoms with Gasteiger partial charge in [-0.1, -0.05) is 48.0 Å². The van der Waals surface area contributed by atoms with Crippen molar-refractivity contribution in [3.63, 3.8) is 0 Å². The molecule has 0 unspecified atom stereocenters. The van der Waals surface area contributed by atoms with Crippen LogP contribution >= 0.6 is 11.6 Å². The lowest BCUT2D eigenvalue weighted by molar-refractivity contribution is 0.102. The number of carbonyl (C=O) groups is 1. The van der Waals surface area contributed by atoms with Crippen LogP contribution in [-0.4, -0.2) is 5.91 Å². The van der Waals surface area contributed by atoms with Crippen LogP contribution in [0.25, 0.3) is 0 Å². The maximum absolute atomic E-state index is 12.7. The van der Waals surface area contributed by atoms with Gasteiger partial charge >= 0.3 is 0 Å². The first kappa shape index (κ1) is 17.5. The van der Waals surface area contributed by atoms with Crippen molar-refractivity contribution in [2.24, 2.45) is 0 Å². The van der Waals surface area contributed by atoms with Crippen molar-refractivity contribution in [2.75, 3.05) is 5.32 Å². The Morgan fingerprint density at radius 3 is 2.62 bits per heavy atom. The van der Waals surface area contributed by atoms with E-state index in [0.29, 0.717) is 34.2 Å². The van der Waals surface area contributed by atoms with E-state index in [9.17, 15) is 4.79 Å². The molecule has 0 aliphatic carbocycles. The second-order valence-corrected chi connectivity index (χ2v) is 6.00. The fraction of sp³-hybridized carbons (Fsp3) is 0.0476. The number of ether oxygens (including phenoxy) is 1. The summed E-state index contributed by atoms with van der Waals surface area (Å²) in [7, 11) is 0. The highest BCUT2D eigenvalue weighted by Crippen LogP contribution is 2.25. The molecule has 26 heavy (non-hydrogen) atoms. The molecular formula is C21H15ClN2O2. The average molecular weight is 363 g/mol. The van der Waals surface area contributed by atoms with Gasteiger partial charge < -0.3 is 10.1 Å². The van der Waals surface area contributed by atoms with Crippen LogP contribution in [-0.2, 0) is 6.61 Å². The molecule has 0 bridgehead atoms. The first-order chi connectivity index (χ1) is 12.7. The number of hydrogen-bond donors (Lipinski definition) is 1. The molecule has 0 saturated heterocycles. The lowest BCUT2D eigenvalue weighted by atomic mass is 10.1. The highest BCUT2D eigenvalue weighted by atomic mass is 35.5. The predicted octanol–water partition coefficient (Wildman–Crippen LogP) is 5.04. The molecule has 0 aliphatic rings. The number of benzene rings is 3. The van der Waals surface area contributed by atoms with E-state index in [1.165, 1.54) is 0 Å². The molecule has 0 aliphatic heterocycles. The third-order valence-electron chi connectivity index (χ3n) is 3.67. The maximum Gasteiger partial charge on any atom is 0.259 e. The van der Waals surface area contributed by atoms with E-state index in [0.717, 1.165) is 5.56 Å².